The van der Waals surface area contributed by atoms with Crippen LogP contribution in [0, 0.1) is 0 Å². The standard InChI is InChI=1S/C19H20N2O5/c22-17(21-10-4-1-5-11-21)13-26-19(24)14-7-2-3-8-15(14)20-18(23)16-9-6-12-25-16/h2-3,6-9,12H,1,4-5,10-11,13H2,(H,20,23). The van der Waals surface area contributed by atoms with Crippen LogP contribution in [0.1, 0.15) is 40.2 Å². The molecule has 7 nitrogen and oxygen atoms in total. The molecule has 26 heavy (non-hydrogen) atoms. The maximum absolute atomic E-state index is 12.4. The SMILES string of the molecule is O=C(Nc1ccccc1C(=O)OCC(=O)N1CCCCC1)c1ccco1. The van der Waals surface area contributed by atoms with Gasteiger partial charge >= 0.3 is 5.97 Å². The average molecular weight is 356 g/mol. The van der Waals surface area contributed by atoms with E-state index in [1.165, 1.54) is 18.4 Å². The minimum Gasteiger partial charge on any atom is -0.459 e. The van der Waals surface area contributed by atoms with Crippen LogP contribution in [-0.2, 0) is 9.53 Å². The van der Waals surface area contributed by atoms with E-state index in [4.69, 9.17) is 9.15 Å². The number of rotatable bonds is 5. The normalized spacial score (nSPS) is 13.9. The van der Waals surface area contributed by atoms with Crippen molar-refractivity contribution in [2.75, 3.05) is 25.0 Å². The van der Waals surface area contributed by atoms with Crippen molar-refractivity contribution < 1.29 is 23.5 Å². The largest absolute Gasteiger partial charge is 0.459 e. The first-order valence-corrected chi connectivity index (χ1v) is 8.54. The minimum absolute atomic E-state index is 0.133. The highest BCUT2D eigenvalue weighted by atomic mass is 16.5. The van der Waals surface area contributed by atoms with Crippen molar-refractivity contribution in [3.8, 4) is 0 Å². The molecule has 0 bridgehead atoms. The summed E-state index contributed by atoms with van der Waals surface area (Å²) in [5.74, 6) is -1.20. The lowest BCUT2D eigenvalue weighted by Gasteiger charge is -2.26. The Kier molecular flexibility index (Phi) is 5.68. The highest BCUT2D eigenvalue weighted by molar-refractivity contribution is 6.06. The number of ether oxygens (including phenoxy) is 1. The van der Waals surface area contributed by atoms with E-state index in [2.05, 4.69) is 5.32 Å². The van der Waals surface area contributed by atoms with Crippen LogP contribution in [0.4, 0.5) is 5.69 Å². The average Bonchev–Trinajstić information content (AvgIpc) is 3.22. The number of amides is 2. The number of nitrogens with one attached hydrogen (secondary N) is 1. The summed E-state index contributed by atoms with van der Waals surface area (Å²) in [6.45, 7) is 1.09. The van der Waals surface area contributed by atoms with Gasteiger partial charge in [-0.3, -0.25) is 9.59 Å². The monoisotopic (exact) mass is 356 g/mol. The van der Waals surface area contributed by atoms with Gasteiger partial charge in [-0.2, -0.15) is 0 Å². The Morgan fingerprint density at radius 2 is 1.81 bits per heavy atom. The lowest BCUT2D eigenvalue weighted by Crippen LogP contribution is -2.38. The lowest BCUT2D eigenvalue weighted by atomic mass is 10.1. The number of para-hydroxylation sites is 1. The number of anilines is 1. The highest BCUT2D eigenvalue weighted by Gasteiger charge is 2.20. The summed E-state index contributed by atoms with van der Waals surface area (Å²) in [5.41, 5.74) is 0.475. The van der Waals surface area contributed by atoms with Crippen LogP contribution < -0.4 is 5.32 Å². The summed E-state index contributed by atoms with van der Waals surface area (Å²) in [5, 5.41) is 2.62. The van der Waals surface area contributed by atoms with E-state index in [-0.39, 0.29) is 23.8 Å². The van der Waals surface area contributed by atoms with Gasteiger partial charge < -0.3 is 19.4 Å². The Balaban J connectivity index is 1.62. The van der Waals surface area contributed by atoms with Crippen LogP contribution in [-0.4, -0.2) is 42.4 Å². The zero-order valence-corrected chi connectivity index (χ0v) is 14.3. The maximum Gasteiger partial charge on any atom is 0.340 e. The fourth-order valence-corrected chi connectivity index (χ4v) is 2.80. The second kappa shape index (κ2) is 8.33. The molecule has 2 heterocycles. The summed E-state index contributed by atoms with van der Waals surface area (Å²) in [7, 11) is 0. The smallest absolute Gasteiger partial charge is 0.340 e. The van der Waals surface area contributed by atoms with Crippen LogP contribution in [0.2, 0.25) is 0 Å². The Morgan fingerprint density at radius 1 is 1.04 bits per heavy atom. The van der Waals surface area contributed by atoms with Crippen molar-refractivity contribution in [1.82, 2.24) is 4.90 Å². The molecular weight excluding hydrogens is 336 g/mol. The molecule has 0 atom stereocenters. The molecule has 0 saturated carbocycles. The van der Waals surface area contributed by atoms with E-state index in [9.17, 15) is 14.4 Å². The van der Waals surface area contributed by atoms with Crippen molar-refractivity contribution >= 4 is 23.5 Å². The fourth-order valence-electron chi connectivity index (χ4n) is 2.80. The second-order valence-electron chi connectivity index (χ2n) is 5.99. The van der Waals surface area contributed by atoms with Gasteiger partial charge in [0, 0.05) is 13.1 Å². The van der Waals surface area contributed by atoms with Gasteiger partial charge in [-0.1, -0.05) is 12.1 Å². The molecule has 3 rings (SSSR count). The van der Waals surface area contributed by atoms with Crippen LogP contribution in [0.25, 0.3) is 0 Å². The van der Waals surface area contributed by atoms with Crippen LogP contribution >= 0.6 is 0 Å². The molecular formula is C19H20N2O5. The third-order valence-electron chi connectivity index (χ3n) is 4.18. The maximum atomic E-state index is 12.4. The first kappa shape index (κ1) is 17.7. The molecule has 1 aliphatic rings. The number of carbonyl (C=O) groups is 3. The number of piperidine rings is 1. The zero-order chi connectivity index (χ0) is 18.4. The molecule has 0 unspecified atom stereocenters. The Morgan fingerprint density at radius 3 is 2.54 bits per heavy atom. The molecule has 0 aliphatic carbocycles. The van der Waals surface area contributed by atoms with Crippen molar-refractivity contribution in [1.29, 1.82) is 0 Å². The van der Waals surface area contributed by atoms with Gasteiger partial charge in [-0.25, -0.2) is 4.79 Å². The third kappa shape index (κ3) is 4.30. The third-order valence-corrected chi connectivity index (χ3v) is 4.18. The molecule has 2 aromatic rings. The van der Waals surface area contributed by atoms with E-state index in [1.807, 2.05) is 0 Å². The Bertz CT molecular complexity index is 779. The minimum atomic E-state index is -0.661. The molecule has 7 heteroatoms. The molecule has 1 aromatic heterocycles. The van der Waals surface area contributed by atoms with E-state index in [0.29, 0.717) is 18.8 Å². The molecule has 0 spiro atoms. The molecule has 136 valence electrons. The van der Waals surface area contributed by atoms with E-state index in [1.54, 1.807) is 29.2 Å². The molecule has 0 radical (unpaired) electrons. The van der Waals surface area contributed by atoms with Gasteiger partial charge in [0.1, 0.15) is 0 Å². The van der Waals surface area contributed by atoms with Gasteiger partial charge in [0.2, 0.25) is 0 Å². The van der Waals surface area contributed by atoms with E-state index >= 15 is 0 Å². The number of furan rings is 1. The predicted octanol–water partition coefficient (Wildman–Crippen LogP) is 2.70. The first-order valence-electron chi connectivity index (χ1n) is 8.54. The van der Waals surface area contributed by atoms with Crippen LogP contribution in [0.15, 0.2) is 47.1 Å². The summed E-state index contributed by atoms with van der Waals surface area (Å²) < 4.78 is 10.2. The topological polar surface area (TPSA) is 88.8 Å². The molecule has 1 fully saturated rings. The number of esters is 1. The van der Waals surface area contributed by atoms with Crippen LogP contribution in [0.3, 0.4) is 0 Å². The van der Waals surface area contributed by atoms with Gasteiger partial charge in [-0.15, -0.1) is 0 Å². The number of hydrogen-bond donors (Lipinski definition) is 1. The molecule has 2 amide bonds. The summed E-state index contributed by atoms with van der Waals surface area (Å²) in [6, 6.07) is 9.59. The molecule has 1 aromatic carbocycles. The molecule has 1 N–H and O–H groups in total. The Labute approximate surface area is 150 Å². The first-order chi connectivity index (χ1) is 12.6. The van der Waals surface area contributed by atoms with Crippen LogP contribution in [0.5, 0.6) is 0 Å². The second-order valence-corrected chi connectivity index (χ2v) is 5.99. The Hall–Kier alpha value is -3.09. The number of benzene rings is 1. The number of nitrogens with zero attached hydrogens (tertiary/aromatic N) is 1. The fraction of sp³-hybridized carbons (Fsp3) is 0.316. The van der Waals surface area contributed by atoms with E-state index < -0.39 is 11.9 Å². The van der Waals surface area contributed by atoms with E-state index in [0.717, 1.165) is 19.3 Å². The number of likely N-dealkylation sites (tertiary alicyclic amines) is 1. The predicted molar refractivity (Wildman–Crippen MR) is 93.8 cm³/mol. The van der Waals surface area contributed by atoms with Crippen molar-refractivity contribution in [2.45, 2.75) is 19.3 Å². The number of carbonyl (C=O) groups excluding carboxylic acids is 3. The zero-order valence-electron chi connectivity index (χ0n) is 14.3. The van der Waals surface area contributed by atoms with Gasteiger partial charge in [0.15, 0.2) is 12.4 Å². The molecule has 1 saturated heterocycles. The highest BCUT2D eigenvalue weighted by Crippen LogP contribution is 2.18. The van der Waals surface area contributed by atoms with Gasteiger partial charge in [-0.05, 0) is 43.5 Å². The van der Waals surface area contributed by atoms with Crippen molar-refractivity contribution in [2.24, 2.45) is 0 Å². The summed E-state index contributed by atoms with van der Waals surface area (Å²) in [4.78, 5) is 38.3. The van der Waals surface area contributed by atoms with Crippen molar-refractivity contribution in [3.05, 3.63) is 54.0 Å². The van der Waals surface area contributed by atoms with Crippen molar-refractivity contribution in [3.63, 3.8) is 0 Å². The lowest BCUT2D eigenvalue weighted by molar-refractivity contribution is -0.135. The summed E-state index contributed by atoms with van der Waals surface area (Å²) >= 11 is 0. The quantitative estimate of drug-likeness (QED) is 0.832. The molecule has 1 aliphatic heterocycles. The van der Waals surface area contributed by atoms with Gasteiger partial charge in [0.25, 0.3) is 11.8 Å². The van der Waals surface area contributed by atoms with Gasteiger partial charge in [0.05, 0.1) is 17.5 Å². The number of hydrogen-bond acceptors (Lipinski definition) is 5. The summed E-state index contributed by atoms with van der Waals surface area (Å²) in [6.07, 6.45) is 4.45.